The number of fused-ring (bicyclic) bond motifs is 1. The number of nitrogens with one attached hydrogen (secondary N) is 1. The van der Waals surface area contributed by atoms with Crippen LogP contribution in [0.15, 0.2) is 0 Å². The van der Waals surface area contributed by atoms with Crippen LogP contribution in [0.1, 0.15) is 65.2 Å². The Hall–Kier alpha value is -0.590. The highest BCUT2D eigenvalue weighted by atomic mass is 15.2. The average molecular weight is 275 g/mol. The minimum atomic E-state index is -0.340. The van der Waals surface area contributed by atoms with Crippen LogP contribution in [0.4, 0.5) is 0 Å². The molecule has 112 valence electrons. The highest BCUT2D eigenvalue weighted by Gasteiger charge is 2.40. The fourth-order valence-electron chi connectivity index (χ4n) is 4.51. The summed E-state index contributed by atoms with van der Waals surface area (Å²) in [6.07, 6.45) is 10.5. The predicted octanol–water partition coefficient (Wildman–Crippen LogP) is 3.06. The topological polar surface area (TPSA) is 39.1 Å². The first-order valence-corrected chi connectivity index (χ1v) is 8.56. The third-order valence-corrected chi connectivity index (χ3v) is 5.67. The molecule has 2 saturated carbocycles. The van der Waals surface area contributed by atoms with Gasteiger partial charge in [0.2, 0.25) is 0 Å². The Balaban J connectivity index is 1.60. The van der Waals surface area contributed by atoms with Gasteiger partial charge in [0, 0.05) is 18.1 Å². The molecule has 0 aromatic rings. The summed E-state index contributed by atoms with van der Waals surface area (Å²) in [5.41, 5.74) is -0.340. The molecule has 0 bridgehead atoms. The fourth-order valence-corrected chi connectivity index (χ4v) is 4.51. The molecule has 3 rings (SSSR count). The van der Waals surface area contributed by atoms with Gasteiger partial charge in [0.1, 0.15) is 5.54 Å². The molecule has 4 unspecified atom stereocenters. The second-order valence-electron chi connectivity index (χ2n) is 7.55. The quantitative estimate of drug-likeness (QED) is 0.838. The standard InChI is InChI=1S/C17H29N3/c1-13(11-17(2,12-18)19-15-7-8-15)20-10-9-14-5-3-4-6-16(14)20/h13-16,19H,3-11H2,1-2H3. The van der Waals surface area contributed by atoms with E-state index in [1.165, 1.54) is 51.5 Å². The minimum Gasteiger partial charge on any atom is -0.297 e. The number of likely N-dealkylation sites (tertiary alicyclic amines) is 1. The van der Waals surface area contributed by atoms with Crippen molar-refractivity contribution in [2.45, 2.75) is 88.9 Å². The van der Waals surface area contributed by atoms with Crippen molar-refractivity contribution in [1.82, 2.24) is 10.2 Å². The van der Waals surface area contributed by atoms with Crippen LogP contribution < -0.4 is 5.32 Å². The van der Waals surface area contributed by atoms with Gasteiger partial charge in [-0.25, -0.2) is 0 Å². The Morgan fingerprint density at radius 2 is 2.00 bits per heavy atom. The van der Waals surface area contributed by atoms with Gasteiger partial charge in [-0.15, -0.1) is 0 Å². The van der Waals surface area contributed by atoms with E-state index >= 15 is 0 Å². The smallest absolute Gasteiger partial charge is 0.105 e. The largest absolute Gasteiger partial charge is 0.297 e. The van der Waals surface area contributed by atoms with E-state index in [2.05, 4.69) is 30.1 Å². The zero-order valence-corrected chi connectivity index (χ0v) is 13.1. The van der Waals surface area contributed by atoms with E-state index in [0.717, 1.165) is 18.4 Å². The fraction of sp³-hybridized carbons (Fsp3) is 0.941. The highest BCUT2D eigenvalue weighted by molar-refractivity contribution is 5.09. The predicted molar refractivity (Wildman–Crippen MR) is 81.3 cm³/mol. The molecular formula is C17H29N3. The summed E-state index contributed by atoms with van der Waals surface area (Å²) in [6.45, 7) is 5.68. The zero-order chi connectivity index (χ0) is 14.2. The van der Waals surface area contributed by atoms with Gasteiger partial charge in [-0.3, -0.25) is 10.2 Å². The van der Waals surface area contributed by atoms with Crippen LogP contribution in [0.3, 0.4) is 0 Å². The Kier molecular flexibility index (Phi) is 4.06. The molecule has 1 heterocycles. The van der Waals surface area contributed by atoms with Gasteiger partial charge >= 0.3 is 0 Å². The summed E-state index contributed by atoms with van der Waals surface area (Å²) in [5.74, 6) is 0.941. The number of nitriles is 1. The van der Waals surface area contributed by atoms with Crippen LogP contribution in [0, 0.1) is 17.2 Å². The van der Waals surface area contributed by atoms with Crippen molar-refractivity contribution < 1.29 is 0 Å². The van der Waals surface area contributed by atoms with Crippen molar-refractivity contribution in [3.8, 4) is 6.07 Å². The van der Waals surface area contributed by atoms with E-state index in [9.17, 15) is 5.26 Å². The summed E-state index contributed by atoms with van der Waals surface area (Å²) in [4.78, 5) is 2.72. The molecule has 4 atom stereocenters. The van der Waals surface area contributed by atoms with Gasteiger partial charge in [0.05, 0.1) is 6.07 Å². The van der Waals surface area contributed by atoms with Crippen molar-refractivity contribution in [2.24, 2.45) is 5.92 Å². The van der Waals surface area contributed by atoms with E-state index < -0.39 is 0 Å². The van der Waals surface area contributed by atoms with Gasteiger partial charge < -0.3 is 0 Å². The number of nitrogens with zero attached hydrogens (tertiary/aromatic N) is 2. The first-order chi connectivity index (χ1) is 9.61. The summed E-state index contributed by atoms with van der Waals surface area (Å²) in [7, 11) is 0. The maximum absolute atomic E-state index is 9.56. The molecule has 0 aromatic heterocycles. The average Bonchev–Trinajstić information content (AvgIpc) is 3.14. The number of hydrogen-bond acceptors (Lipinski definition) is 3. The second kappa shape index (κ2) is 5.66. The highest BCUT2D eigenvalue weighted by Crippen LogP contribution is 2.38. The first-order valence-electron chi connectivity index (χ1n) is 8.56. The van der Waals surface area contributed by atoms with Crippen LogP contribution in [0.25, 0.3) is 0 Å². The molecule has 0 amide bonds. The van der Waals surface area contributed by atoms with Crippen LogP contribution in [-0.4, -0.2) is 35.1 Å². The second-order valence-corrected chi connectivity index (χ2v) is 7.55. The van der Waals surface area contributed by atoms with Gasteiger partial charge in [0.15, 0.2) is 0 Å². The Morgan fingerprint density at radius 3 is 2.70 bits per heavy atom. The lowest BCUT2D eigenvalue weighted by Crippen LogP contribution is -2.49. The lowest BCUT2D eigenvalue weighted by molar-refractivity contribution is 0.122. The van der Waals surface area contributed by atoms with E-state index in [0.29, 0.717) is 12.1 Å². The molecule has 1 saturated heterocycles. The molecule has 2 aliphatic carbocycles. The van der Waals surface area contributed by atoms with Gasteiger partial charge in [-0.05, 0) is 64.8 Å². The zero-order valence-electron chi connectivity index (χ0n) is 13.1. The SMILES string of the molecule is CC(CC(C)(C#N)NC1CC1)N1CCC2CCCCC21. The molecule has 1 aliphatic heterocycles. The van der Waals surface area contributed by atoms with E-state index in [4.69, 9.17) is 0 Å². The van der Waals surface area contributed by atoms with Gasteiger partial charge in [-0.2, -0.15) is 5.26 Å². The van der Waals surface area contributed by atoms with Crippen molar-refractivity contribution in [3.05, 3.63) is 0 Å². The summed E-state index contributed by atoms with van der Waals surface area (Å²) in [6, 6.07) is 4.48. The van der Waals surface area contributed by atoms with Crippen molar-refractivity contribution in [2.75, 3.05) is 6.54 Å². The summed E-state index contributed by atoms with van der Waals surface area (Å²) < 4.78 is 0. The third kappa shape index (κ3) is 3.02. The Bertz CT molecular complexity index is 384. The van der Waals surface area contributed by atoms with E-state index in [1.807, 2.05) is 0 Å². The van der Waals surface area contributed by atoms with Crippen LogP contribution in [0.2, 0.25) is 0 Å². The Morgan fingerprint density at radius 1 is 1.25 bits per heavy atom. The maximum atomic E-state index is 9.56. The first kappa shape index (κ1) is 14.4. The molecule has 20 heavy (non-hydrogen) atoms. The third-order valence-electron chi connectivity index (χ3n) is 5.67. The lowest BCUT2D eigenvalue weighted by atomic mass is 9.84. The lowest BCUT2D eigenvalue weighted by Gasteiger charge is -2.38. The van der Waals surface area contributed by atoms with Crippen LogP contribution >= 0.6 is 0 Å². The van der Waals surface area contributed by atoms with Crippen LogP contribution in [-0.2, 0) is 0 Å². The van der Waals surface area contributed by atoms with Crippen molar-refractivity contribution >= 4 is 0 Å². The Labute approximate surface area is 123 Å². The molecule has 0 spiro atoms. The van der Waals surface area contributed by atoms with Crippen molar-refractivity contribution in [3.63, 3.8) is 0 Å². The molecule has 3 nitrogen and oxygen atoms in total. The molecule has 0 aromatic carbocycles. The minimum absolute atomic E-state index is 0.340. The number of hydrogen-bond donors (Lipinski definition) is 1. The maximum Gasteiger partial charge on any atom is 0.105 e. The molecule has 3 heteroatoms. The monoisotopic (exact) mass is 275 g/mol. The molecule has 3 fully saturated rings. The normalized spacial score (nSPS) is 35.0. The molecule has 0 radical (unpaired) electrons. The van der Waals surface area contributed by atoms with Gasteiger partial charge in [-0.1, -0.05) is 12.8 Å². The molecular weight excluding hydrogens is 246 g/mol. The van der Waals surface area contributed by atoms with E-state index in [-0.39, 0.29) is 5.54 Å². The van der Waals surface area contributed by atoms with Gasteiger partial charge in [0.25, 0.3) is 0 Å². The molecule has 1 N–H and O–H groups in total. The molecule has 3 aliphatic rings. The summed E-state index contributed by atoms with van der Waals surface area (Å²) in [5, 5.41) is 13.1. The van der Waals surface area contributed by atoms with Crippen LogP contribution in [0.5, 0.6) is 0 Å². The van der Waals surface area contributed by atoms with E-state index in [1.54, 1.807) is 0 Å². The number of rotatable bonds is 5. The van der Waals surface area contributed by atoms with Crippen molar-refractivity contribution in [1.29, 1.82) is 5.26 Å². The summed E-state index contributed by atoms with van der Waals surface area (Å²) >= 11 is 0.